The van der Waals surface area contributed by atoms with Crippen LogP contribution in [0.5, 0.6) is 0 Å². The van der Waals surface area contributed by atoms with E-state index in [9.17, 15) is 9.59 Å². The third kappa shape index (κ3) is 6.33. The molecule has 1 rings (SSSR count). The monoisotopic (exact) mass is 349 g/mol. The average molecular weight is 349 g/mol. The second-order valence-corrected chi connectivity index (χ2v) is 6.61. The lowest BCUT2D eigenvalue weighted by molar-refractivity contribution is -0.121. The molecule has 1 aliphatic carbocycles. The first kappa shape index (κ1) is 21.5. The number of hydrogen-bond acceptors (Lipinski definition) is 4. The number of methoxy groups -OCH3 is 2. The van der Waals surface area contributed by atoms with Crippen LogP contribution in [-0.2, 0) is 19.1 Å². The minimum atomic E-state index is -0.240. The summed E-state index contributed by atoms with van der Waals surface area (Å²) in [5, 5.41) is 0. The van der Waals surface area contributed by atoms with Crippen LogP contribution < -0.4 is 0 Å². The Morgan fingerprint density at radius 3 is 1.64 bits per heavy atom. The van der Waals surface area contributed by atoms with Crippen molar-refractivity contribution in [2.24, 2.45) is 0 Å². The van der Waals surface area contributed by atoms with Gasteiger partial charge in [0.25, 0.3) is 0 Å². The molecule has 0 aromatic carbocycles. The molecule has 4 nitrogen and oxygen atoms in total. The minimum absolute atomic E-state index is 0.0209. The number of ketones is 2. The molecule has 0 fully saturated rings. The highest BCUT2D eigenvalue weighted by atomic mass is 16.5. The van der Waals surface area contributed by atoms with Crippen LogP contribution in [-0.4, -0.2) is 25.8 Å². The molecule has 0 atom stereocenters. The zero-order chi connectivity index (χ0) is 18.7. The fraction of sp³-hybridized carbons (Fsp3) is 0.667. The molecule has 0 aromatic heterocycles. The molecular weight excluding hydrogens is 316 g/mol. The van der Waals surface area contributed by atoms with E-state index in [0.29, 0.717) is 17.6 Å². The van der Waals surface area contributed by atoms with E-state index in [0.717, 1.165) is 19.3 Å². The number of carbonyl (C=O) groups is 2. The Balaban J connectivity index is 2.34. The Bertz CT molecular complexity index is 514. The van der Waals surface area contributed by atoms with Crippen molar-refractivity contribution >= 4 is 11.6 Å². The van der Waals surface area contributed by atoms with Crippen LogP contribution in [0.25, 0.3) is 0 Å². The molecule has 0 unspecified atom stereocenters. The molecule has 0 aromatic rings. The summed E-state index contributed by atoms with van der Waals surface area (Å²) in [5.74, 6) is -0.388. The van der Waals surface area contributed by atoms with E-state index >= 15 is 0 Å². The van der Waals surface area contributed by atoms with Gasteiger partial charge < -0.3 is 9.47 Å². The van der Waals surface area contributed by atoms with Gasteiger partial charge in [-0.2, -0.15) is 0 Å². The van der Waals surface area contributed by atoms with Gasteiger partial charge in [0.05, 0.1) is 14.2 Å². The Kier molecular flexibility index (Phi) is 10.2. The molecular formula is C21H33O4. The lowest BCUT2D eigenvalue weighted by Gasteiger charge is -2.20. The second kappa shape index (κ2) is 11.9. The Labute approximate surface area is 152 Å². The van der Waals surface area contributed by atoms with Gasteiger partial charge in [0, 0.05) is 11.1 Å². The molecule has 141 valence electrons. The molecule has 0 saturated heterocycles. The number of unbranched alkanes of at least 4 members (excludes halogenated alkanes) is 9. The first-order valence-corrected chi connectivity index (χ1v) is 9.49. The predicted molar refractivity (Wildman–Crippen MR) is 99.9 cm³/mol. The molecule has 0 bridgehead atoms. The molecule has 0 amide bonds. The number of Topliss-reactive ketones (excluding diaryl/α,β-unsaturated/α-hetero) is 2. The maximum atomic E-state index is 12.5. The molecule has 4 heteroatoms. The van der Waals surface area contributed by atoms with Crippen LogP contribution in [0.1, 0.15) is 77.6 Å². The predicted octanol–water partition coefficient (Wildman–Crippen LogP) is 5.08. The number of carbonyl (C=O) groups excluding carboxylic acids is 2. The summed E-state index contributed by atoms with van der Waals surface area (Å²) in [7, 11) is 2.78. The maximum Gasteiger partial charge on any atom is 0.228 e. The van der Waals surface area contributed by atoms with Gasteiger partial charge in [-0.25, -0.2) is 0 Å². The van der Waals surface area contributed by atoms with Gasteiger partial charge in [-0.05, 0) is 19.8 Å². The largest absolute Gasteiger partial charge is 0.489 e. The SMILES string of the molecule is [CH2]CCCCCCCCCCCC1=C(C)C(=O)C(OC)=C(OC)C1=O. The van der Waals surface area contributed by atoms with Crippen LogP contribution in [0.15, 0.2) is 22.7 Å². The van der Waals surface area contributed by atoms with Crippen LogP contribution in [0.2, 0.25) is 0 Å². The van der Waals surface area contributed by atoms with E-state index in [1.54, 1.807) is 6.92 Å². The van der Waals surface area contributed by atoms with Gasteiger partial charge in [0.2, 0.25) is 23.1 Å². The Hall–Kier alpha value is -1.58. The summed E-state index contributed by atoms with van der Waals surface area (Å²) >= 11 is 0. The van der Waals surface area contributed by atoms with Gasteiger partial charge in [0.15, 0.2) is 0 Å². The van der Waals surface area contributed by atoms with E-state index < -0.39 is 0 Å². The van der Waals surface area contributed by atoms with E-state index in [2.05, 4.69) is 6.92 Å². The quantitative estimate of drug-likeness (QED) is 0.343. The van der Waals surface area contributed by atoms with Crippen molar-refractivity contribution in [1.82, 2.24) is 0 Å². The lowest BCUT2D eigenvalue weighted by Crippen LogP contribution is -2.25. The van der Waals surface area contributed by atoms with Gasteiger partial charge in [-0.1, -0.05) is 64.7 Å². The van der Waals surface area contributed by atoms with Crippen molar-refractivity contribution in [3.8, 4) is 0 Å². The molecule has 25 heavy (non-hydrogen) atoms. The van der Waals surface area contributed by atoms with E-state index in [4.69, 9.17) is 9.47 Å². The van der Waals surface area contributed by atoms with Crippen LogP contribution in [0.3, 0.4) is 0 Å². The lowest BCUT2D eigenvalue weighted by atomic mass is 9.89. The van der Waals surface area contributed by atoms with Crippen LogP contribution >= 0.6 is 0 Å². The zero-order valence-corrected chi connectivity index (χ0v) is 16.1. The highest BCUT2D eigenvalue weighted by Crippen LogP contribution is 2.28. The smallest absolute Gasteiger partial charge is 0.228 e. The van der Waals surface area contributed by atoms with Crippen molar-refractivity contribution in [2.75, 3.05) is 14.2 Å². The van der Waals surface area contributed by atoms with Crippen molar-refractivity contribution in [3.63, 3.8) is 0 Å². The van der Waals surface area contributed by atoms with E-state index in [1.807, 2.05) is 0 Å². The first-order chi connectivity index (χ1) is 12.1. The van der Waals surface area contributed by atoms with E-state index in [-0.39, 0.29) is 23.1 Å². The summed E-state index contributed by atoms with van der Waals surface area (Å²) in [6.45, 7) is 5.56. The zero-order valence-electron chi connectivity index (χ0n) is 16.1. The topological polar surface area (TPSA) is 52.6 Å². The third-order valence-corrected chi connectivity index (χ3v) is 4.77. The molecule has 1 radical (unpaired) electrons. The van der Waals surface area contributed by atoms with Crippen molar-refractivity contribution in [2.45, 2.75) is 77.6 Å². The highest BCUT2D eigenvalue weighted by molar-refractivity contribution is 6.23. The third-order valence-electron chi connectivity index (χ3n) is 4.77. The minimum Gasteiger partial charge on any atom is -0.489 e. The van der Waals surface area contributed by atoms with Crippen LogP contribution in [0.4, 0.5) is 0 Å². The fourth-order valence-corrected chi connectivity index (χ4v) is 3.21. The number of hydrogen-bond donors (Lipinski definition) is 0. The fourth-order valence-electron chi connectivity index (χ4n) is 3.21. The normalized spacial score (nSPS) is 15.2. The Morgan fingerprint density at radius 2 is 1.16 bits per heavy atom. The summed E-state index contributed by atoms with van der Waals surface area (Å²) in [5.41, 5.74) is 1.07. The van der Waals surface area contributed by atoms with Gasteiger partial charge in [-0.3, -0.25) is 9.59 Å². The van der Waals surface area contributed by atoms with Gasteiger partial charge >= 0.3 is 0 Å². The molecule has 0 saturated carbocycles. The van der Waals surface area contributed by atoms with Crippen molar-refractivity contribution < 1.29 is 19.1 Å². The van der Waals surface area contributed by atoms with Gasteiger partial charge in [-0.15, -0.1) is 0 Å². The van der Waals surface area contributed by atoms with E-state index in [1.165, 1.54) is 59.2 Å². The highest BCUT2D eigenvalue weighted by Gasteiger charge is 2.34. The average Bonchev–Trinajstić information content (AvgIpc) is 2.61. The number of ether oxygens (including phenoxy) is 2. The van der Waals surface area contributed by atoms with Gasteiger partial charge in [0.1, 0.15) is 0 Å². The summed E-state index contributed by atoms with van der Waals surface area (Å²) in [6, 6.07) is 0. The van der Waals surface area contributed by atoms with Crippen molar-refractivity contribution in [1.29, 1.82) is 0 Å². The molecule has 0 spiro atoms. The van der Waals surface area contributed by atoms with Crippen LogP contribution in [0, 0.1) is 6.92 Å². The standard InChI is InChI=1S/C21H33O4/c1-5-6-7-8-9-10-11-12-13-14-15-17-16(2)18(22)20(24-3)21(25-4)19(17)23/h1,5-15H2,2-4H3. The van der Waals surface area contributed by atoms with Crippen molar-refractivity contribution in [3.05, 3.63) is 29.6 Å². The molecule has 0 N–H and O–H groups in total. The molecule has 1 aliphatic rings. The number of rotatable bonds is 13. The summed E-state index contributed by atoms with van der Waals surface area (Å²) in [4.78, 5) is 24.8. The maximum absolute atomic E-state index is 12.5. The number of allylic oxidation sites excluding steroid dienone is 2. The Morgan fingerprint density at radius 1 is 0.720 bits per heavy atom. The molecule has 0 heterocycles. The molecule has 0 aliphatic heterocycles. The second-order valence-electron chi connectivity index (χ2n) is 6.61. The summed E-state index contributed by atoms with van der Waals surface area (Å²) in [6.07, 6.45) is 12.5. The first-order valence-electron chi connectivity index (χ1n) is 9.49. The summed E-state index contributed by atoms with van der Waals surface area (Å²) < 4.78 is 10.1.